The molecule has 0 spiro atoms. The van der Waals surface area contributed by atoms with E-state index in [1.54, 1.807) is 30.5 Å². The summed E-state index contributed by atoms with van der Waals surface area (Å²) in [6.45, 7) is 0.333. The standard InChI is InChI=1S/C21H17FN4O/c1-26-19(25-18-6-3-11-23-20(18)26)15-4-2-5-16(12-15)21(27)24-13-14-7-9-17(22)10-8-14/h2-12H,13H2,1H3,(H,24,27). The first-order chi connectivity index (χ1) is 13.1. The number of rotatable bonds is 4. The zero-order valence-electron chi connectivity index (χ0n) is 14.7. The first kappa shape index (κ1) is 16.9. The molecular weight excluding hydrogens is 343 g/mol. The Kier molecular flexibility index (Phi) is 4.38. The molecule has 1 N–H and O–H groups in total. The number of hydrogen-bond acceptors (Lipinski definition) is 3. The zero-order chi connectivity index (χ0) is 18.8. The fourth-order valence-electron chi connectivity index (χ4n) is 2.97. The number of carbonyl (C=O) groups excluding carboxylic acids is 1. The highest BCUT2D eigenvalue weighted by Gasteiger charge is 2.13. The summed E-state index contributed by atoms with van der Waals surface area (Å²) in [5.74, 6) is 0.254. The second-order valence-corrected chi connectivity index (χ2v) is 6.23. The molecule has 4 aromatic rings. The predicted octanol–water partition coefficient (Wildman–Crippen LogP) is 3.70. The molecule has 2 aromatic heterocycles. The van der Waals surface area contributed by atoms with Gasteiger partial charge in [-0.2, -0.15) is 0 Å². The van der Waals surface area contributed by atoms with E-state index in [1.165, 1.54) is 12.1 Å². The number of aromatic nitrogens is 3. The third kappa shape index (κ3) is 3.42. The van der Waals surface area contributed by atoms with E-state index in [-0.39, 0.29) is 11.7 Å². The molecule has 0 saturated carbocycles. The van der Waals surface area contributed by atoms with E-state index in [1.807, 2.05) is 35.9 Å². The Labute approximate surface area is 155 Å². The number of aryl methyl sites for hydroxylation is 1. The summed E-state index contributed by atoms with van der Waals surface area (Å²) in [5, 5.41) is 2.85. The lowest BCUT2D eigenvalue weighted by molar-refractivity contribution is 0.0951. The van der Waals surface area contributed by atoms with Gasteiger partial charge in [-0.05, 0) is 42.0 Å². The second-order valence-electron chi connectivity index (χ2n) is 6.23. The minimum atomic E-state index is -0.297. The molecule has 0 aliphatic rings. The van der Waals surface area contributed by atoms with E-state index in [0.717, 1.165) is 28.1 Å². The molecule has 0 unspecified atom stereocenters. The van der Waals surface area contributed by atoms with Gasteiger partial charge in [0, 0.05) is 30.9 Å². The average molecular weight is 360 g/mol. The summed E-state index contributed by atoms with van der Waals surface area (Å²) in [5.41, 5.74) is 3.81. The minimum Gasteiger partial charge on any atom is -0.348 e. The van der Waals surface area contributed by atoms with Crippen LogP contribution in [0, 0.1) is 5.82 Å². The van der Waals surface area contributed by atoms with Crippen LogP contribution in [0.15, 0.2) is 66.9 Å². The minimum absolute atomic E-state index is 0.196. The predicted molar refractivity (Wildman–Crippen MR) is 102 cm³/mol. The number of imidazole rings is 1. The molecule has 2 heterocycles. The Balaban J connectivity index is 1.57. The lowest BCUT2D eigenvalue weighted by Crippen LogP contribution is -2.22. The van der Waals surface area contributed by atoms with Crippen molar-refractivity contribution in [3.8, 4) is 11.4 Å². The number of hydrogen-bond donors (Lipinski definition) is 1. The summed E-state index contributed by atoms with van der Waals surface area (Å²) in [6.07, 6.45) is 1.73. The van der Waals surface area contributed by atoms with Crippen LogP contribution >= 0.6 is 0 Å². The number of carbonyl (C=O) groups is 1. The maximum atomic E-state index is 13.0. The third-order valence-corrected chi connectivity index (χ3v) is 4.38. The van der Waals surface area contributed by atoms with Gasteiger partial charge in [0.15, 0.2) is 5.65 Å². The van der Waals surface area contributed by atoms with E-state index in [2.05, 4.69) is 15.3 Å². The van der Waals surface area contributed by atoms with Gasteiger partial charge in [-0.15, -0.1) is 0 Å². The smallest absolute Gasteiger partial charge is 0.251 e. The van der Waals surface area contributed by atoms with Crippen molar-refractivity contribution in [1.82, 2.24) is 19.9 Å². The van der Waals surface area contributed by atoms with Gasteiger partial charge in [-0.25, -0.2) is 14.4 Å². The van der Waals surface area contributed by atoms with E-state index in [0.29, 0.717) is 12.1 Å². The maximum absolute atomic E-state index is 13.0. The number of nitrogens with one attached hydrogen (secondary N) is 1. The van der Waals surface area contributed by atoms with Gasteiger partial charge in [0.05, 0.1) is 0 Å². The Hall–Kier alpha value is -3.54. The highest BCUT2D eigenvalue weighted by atomic mass is 19.1. The van der Waals surface area contributed by atoms with Crippen LogP contribution in [-0.4, -0.2) is 20.4 Å². The first-order valence-corrected chi connectivity index (χ1v) is 8.52. The molecule has 0 aliphatic carbocycles. The van der Waals surface area contributed by atoms with Gasteiger partial charge >= 0.3 is 0 Å². The highest BCUT2D eigenvalue weighted by molar-refractivity contribution is 5.95. The number of fused-ring (bicyclic) bond motifs is 1. The molecule has 0 saturated heterocycles. The van der Waals surface area contributed by atoms with Crippen LogP contribution in [0.1, 0.15) is 15.9 Å². The largest absolute Gasteiger partial charge is 0.348 e. The Bertz CT molecular complexity index is 1120. The van der Waals surface area contributed by atoms with Crippen LogP contribution in [0.5, 0.6) is 0 Å². The van der Waals surface area contributed by atoms with E-state index in [9.17, 15) is 9.18 Å². The SMILES string of the molecule is Cn1c(-c2cccc(C(=O)NCc3ccc(F)cc3)c2)nc2cccnc21. The molecule has 134 valence electrons. The van der Waals surface area contributed by atoms with Crippen molar-refractivity contribution >= 4 is 17.1 Å². The monoisotopic (exact) mass is 360 g/mol. The van der Waals surface area contributed by atoms with Crippen molar-refractivity contribution in [2.24, 2.45) is 7.05 Å². The molecule has 0 bridgehead atoms. The molecule has 1 amide bonds. The van der Waals surface area contributed by atoms with Crippen molar-refractivity contribution in [3.05, 3.63) is 83.8 Å². The summed E-state index contributed by atoms with van der Waals surface area (Å²) in [7, 11) is 1.90. The van der Waals surface area contributed by atoms with E-state index < -0.39 is 0 Å². The lowest BCUT2D eigenvalue weighted by atomic mass is 10.1. The quantitative estimate of drug-likeness (QED) is 0.604. The van der Waals surface area contributed by atoms with Crippen LogP contribution in [0.2, 0.25) is 0 Å². The lowest BCUT2D eigenvalue weighted by Gasteiger charge is -2.07. The van der Waals surface area contributed by atoms with E-state index >= 15 is 0 Å². The zero-order valence-corrected chi connectivity index (χ0v) is 14.7. The van der Waals surface area contributed by atoms with Crippen molar-refractivity contribution < 1.29 is 9.18 Å². The van der Waals surface area contributed by atoms with Crippen LogP contribution in [0.25, 0.3) is 22.6 Å². The normalized spacial score (nSPS) is 10.9. The van der Waals surface area contributed by atoms with Crippen LogP contribution in [0.4, 0.5) is 4.39 Å². The summed E-state index contributed by atoms with van der Waals surface area (Å²) in [6, 6.07) is 17.1. The van der Waals surface area contributed by atoms with Gasteiger partial charge in [0.2, 0.25) is 0 Å². The van der Waals surface area contributed by atoms with Gasteiger partial charge in [-0.3, -0.25) is 4.79 Å². The van der Waals surface area contributed by atoms with Crippen molar-refractivity contribution in [1.29, 1.82) is 0 Å². The Morgan fingerprint density at radius 1 is 1.11 bits per heavy atom. The molecule has 0 atom stereocenters. The summed E-state index contributed by atoms with van der Waals surface area (Å²) in [4.78, 5) is 21.5. The third-order valence-electron chi connectivity index (χ3n) is 4.38. The topological polar surface area (TPSA) is 59.8 Å². The Morgan fingerprint density at radius 2 is 1.93 bits per heavy atom. The molecule has 27 heavy (non-hydrogen) atoms. The van der Waals surface area contributed by atoms with Crippen molar-refractivity contribution in [2.45, 2.75) is 6.54 Å². The summed E-state index contributed by atoms with van der Waals surface area (Å²) >= 11 is 0. The van der Waals surface area contributed by atoms with Gasteiger partial charge in [-0.1, -0.05) is 24.3 Å². The molecular formula is C21H17FN4O. The maximum Gasteiger partial charge on any atom is 0.251 e. The van der Waals surface area contributed by atoms with Crippen molar-refractivity contribution in [2.75, 3.05) is 0 Å². The Morgan fingerprint density at radius 3 is 2.70 bits per heavy atom. The van der Waals surface area contributed by atoms with Gasteiger partial charge in [0.25, 0.3) is 5.91 Å². The molecule has 6 heteroatoms. The van der Waals surface area contributed by atoms with Gasteiger partial charge < -0.3 is 9.88 Å². The number of halogens is 1. The van der Waals surface area contributed by atoms with Crippen LogP contribution in [0.3, 0.4) is 0 Å². The van der Waals surface area contributed by atoms with Crippen LogP contribution in [-0.2, 0) is 13.6 Å². The van der Waals surface area contributed by atoms with Gasteiger partial charge in [0.1, 0.15) is 17.2 Å². The molecule has 0 aliphatic heterocycles. The highest BCUT2D eigenvalue weighted by Crippen LogP contribution is 2.23. The molecule has 0 fully saturated rings. The van der Waals surface area contributed by atoms with Crippen LogP contribution < -0.4 is 5.32 Å². The fourth-order valence-corrected chi connectivity index (χ4v) is 2.97. The number of amides is 1. The van der Waals surface area contributed by atoms with Crippen molar-refractivity contribution in [3.63, 3.8) is 0 Å². The molecule has 5 nitrogen and oxygen atoms in total. The number of nitrogens with zero attached hydrogens (tertiary/aromatic N) is 3. The number of benzene rings is 2. The second kappa shape index (κ2) is 6.99. The first-order valence-electron chi connectivity index (χ1n) is 8.52. The average Bonchev–Trinajstić information content (AvgIpc) is 3.04. The van der Waals surface area contributed by atoms with E-state index in [4.69, 9.17) is 0 Å². The fraction of sp³-hybridized carbons (Fsp3) is 0.0952. The summed E-state index contributed by atoms with van der Waals surface area (Å²) < 4.78 is 14.9. The molecule has 0 radical (unpaired) electrons. The number of pyridine rings is 1. The molecule has 2 aromatic carbocycles. The molecule has 4 rings (SSSR count).